The Morgan fingerprint density at radius 2 is 0.522 bits per heavy atom. The van der Waals surface area contributed by atoms with Gasteiger partial charge in [0.2, 0.25) is 0 Å². The smallest absolute Gasteiger partial charge is 0.0973 e. The number of rotatable bonds is 6. The molecule has 0 spiro atoms. The van der Waals surface area contributed by atoms with Crippen LogP contribution in [0.4, 0.5) is 0 Å². The molecule has 0 atom stereocenters. The van der Waals surface area contributed by atoms with Crippen LogP contribution in [0.5, 0.6) is 0 Å². The van der Waals surface area contributed by atoms with Crippen LogP contribution in [0.2, 0.25) is 0 Å². The van der Waals surface area contributed by atoms with Crippen LogP contribution < -0.4 is 0 Å². The van der Waals surface area contributed by atoms with E-state index in [1.165, 1.54) is 33.4 Å². The summed E-state index contributed by atoms with van der Waals surface area (Å²) in [4.78, 5) is 10.2. The highest BCUT2D eigenvalue weighted by molar-refractivity contribution is 5.88. The molecule has 216 valence electrons. The minimum Gasteiger partial charge on any atom is -0.244 e. The number of hydrogen-bond donors (Lipinski definition) is 0. The van der Waals surface area contributed by atoms with Crippen LogP contribution >= 0.6 is 0 Å². The molecule has 0 unspecified atom stereocenters. The second-order valence-electron chi connectivity index (χ2n) is 11.5. The predicted octanol–water partition coefficient (Wildman–Crippen LogP) is 11.6. The average molecular weight is 587 g/mol. The number of nitrogens with zero attached hydrogens (tertiary/aromatic N) is 2. The summed E-state index contributed by atoms with van der Waals surface area (Å²) in [6.45, 7) is 0. The Morgan fingerprint density at radius 1 is 0.217 bits per heavy atom. The fourth-order valence-electron chi connectivity index (χ4n) is 6.11. The lowest BCUT2D eigenvalue weighted by Gasteiger charge is -2.13. The van der Waals surface area contributed by atoms with Gasteiger partial charge in [-0.25, -0.2) is 9.97 Å². The minimum atomic E-state index is 0.881. The molecular formula is C44H30N2. The van der Waals surface area contributed by atoms with E-state index in [1.54, 1.807) is 0 Å². The van der Waals surface area contributed by atoms with Crippen LogP contribution in [-0.2, 0) is 0 Å². The number of para-hydroxylation sites is 2. The van der Waals surface area contributed by atoms with Crippen molar-refractivity contribution >= 4 is 11.0 Å². The SMILES string of the molecule is c1ccc(-c2cc(-c3ccccc3)cc(-c3cccc(-c4cccc(-c5nc6ccccc6nc5-c5ccccc5)c4)c3)c2)cc1. The molecule has 0 bridgehead atoms. The van der Waals surface area contributed by atoms with Gasteiger partial charge in [0.1, 0.15) is 0 Å². The quantitative estimate of drug-likeness (QED) is 0.194. The van der Waals surface area contributed by atoms with Gasteiger partial charge in [-0.2, -0.15) is 0 Å². The van der Waals surface area contributed by atoms with E-state index >= 15 is 0 Å². The molecule has 2 nitrogen and oxygen atoms in total. The van der Waals surface area contributed by atoms with Gasteiger partial charge in [0.25, 0.3) is 0 Å². The molecule has 0 N–H and O–H groups in total. The summed E-state index contributed by atoms with van der Waals surface area (Å²) in [5, 5.41) is 0. The normalized spacial score (nSPS) is 11.0. The van der Waals surface area contributed by atoms with Crippen molar-refractivity contribution in [2.75, 3.05) is 0 Å². The third-order valence-corrected chi connectivity index (χ3v) is 8.43. The minimum absolute atomic E-state index is 0.881. The van der Waals surface area contributed by atoms with E-state index in [0.29, 0.717) is 0 Å². The number of benzene rings is 7. The first-order valence-electron chi connectivity index (χ1n) is 15.6. The van der Waals surface area contributed by atoms with E-state index in [0.717, 1.165) is 44.7 Å². The Bertz CT molecular complexity index is 2230. The van der Waals surface area contributed by atoms with Crippen LogP contribution in [0.15, 0.2) is 182 Å². The largest absolute Gasteiger partial charge is 0.244 e. The highest BCUT2D eigenvalue weighted by Crippen LogP contribution is 2.36. The van der Waals surface area contributed by atoms with Crippen LogP contribution in [0.3, 0.4) is 0 Å². The molecule has 8 rings (SSSR count). The molecule has 0 aliphatic heterocycles. The fraction of sp³-hybridized carbons (Fsp3) is 0. The Hall–Kier alpha value is -6.12. The monoisotopic (exact) mass is 586 g/mol. The van der Waals surface area contributed by atoms with Crippen molar-refractivity contribution in [2.24, 2.45) is 0 Å². The van der Waals surface area contributed by atoms with Gasteiger partial charge in [-0.05, 0) is 87.0 Å². The molecule has 46 heavy (non-hydrogen) atoms. The van der Waals surface area contributed by atoms with Crippen LogP contribution in [0, 0.1) is 0 Å². The van der Waals surface area contributed by atoms with E-state index in [4.69, 9.17) is 9.97 Å². The van der Waals surface area contributed by atoms with E-state index in [2.05, 4.69) is 140 Å². The maximum absolute atomic E-state index is 5.14. The molecule has 1 heterocycles. The Morgan fingerprint density at radius 3 is 1.02 bits per heavy atom. The number of aromatic nitrogens is 2. The third-order valence-electron chi connectivity index (χ3n) is 8.43. The zero-order chi connectivity index (χ0) is 30.7. The number of fused-ring (bicyclic) bond motifs is 1. The topological polar surface area (TPSA) is 25.8 Å². The zero-order valence-corrected chi connectivity index (χ0v) is 25.2. The zero-order valence-electron chi connectivity index (χ0n) is 25.2. The first-order valence-corrected chi connectivity index (χ1v) is 15.6. The standard InChI is InChI=1S/C44H30N2/c1-4-14-31(15-5-1)38-28-39(32-16-6-2-7-17-32)30-40(29-38)36-22-12-20-34(26-36)35-21-13-23-37(27-35)44-43(33-18-8-3-9-19-33)45-41-24-10-11-25-42(41)46-44/h1-30H. The third kappa shape index (κ3) is 5.49. The van der Waals surface area contributed by atoms with Crippen LogP contribution in [0.1, 0.15) is 0 Å². The molecule has 0 aliphatic rings. The van der Waals surface area contributed by atoms with Gasteiger partial charge in [0, 0.05) is 11.1 Å². The van der Waals surface area contributed by atoms with Gasteiger partial charge >= 0.3 is 0 Å². The second kappa shape index (κ2) is 12.1. The lowest BCUT2D eigenvalue weighted by atomic mass is 9.92. The van der Waals surface area contributed by atoms with E-state index in [9.17, 15) is 0 Å². The van der Waals surface area contributed by atoms with Crippen molar-refractivity contribution in [1.82, 2.24) is 9.97 Å². The second-order valence-corrected chi connectivity index (χ2v) is 11.5. The molecule has 0 saturated heterocycles. The molecule has 8 aromatic rings. The van der Waals surface area contributed by atoms with Gasteiger partial charge < -0.3 is 0 Å². The lowest BCUT2D eigenvalue weighted by molar-refractivity contribution is 1.29. The van der Waals surface area contributed by atoms with E-state index in [-0.39, 0.29) is 0 Å². The molecule has 7 aromatic carbocycles. The van der Waals surface area contributed by atoms with Gasteiger partial charge in [0.15, 0.2) is 0 Å². The Balaban J connectivity index is 1.23. The molecule has 0 aliphatic carbocycles. The van der Waals surface area contributed by atoms with Crippen molar-refractivity contribution in [3.05, 3.63) is 182 Å². The average Bonchev–Trinajstić information content (AvgIpc) is 3.15. The summed E-state index contributed by atoms with van der Waals surface area (Å²) in [6.07, 6.45) is 0. The van der Waals surface area contributed by atoms with Gasteiger partial charge in [-0.3, -0.25) is 0 Å². The molecule has 0 radical (unpaired) electrons. The summed E-state index contributed by atoms with van der Waals surface area (Å²) in [7, 11) is 0. The first kappa shape index (κ1) is 27.4. The first-order chi connectivity index (χ1) is 22.8. The molecule has 0 fully saturated rings. The predicted molar refractivity (Wildman–Crippen MR) is 192 cm³/mol. The summed E-state index contributed by atoms with van der Waals surface area (Å²) in [5.41, 5.74) is 15.1. The van der Waals surface area contributed by atoms with Crippen LogP contribution in [0.25, 0.3) is 78.1 Å². The molecule has 0 amide bonds. The number of hydrogen-bond acceptors (Lipinski definition) is 2. The Kier molecular flexibility index (Phi) is 7.22. The molecule has 0 saturated carbocycles. The summed E-state index contributed by atoms with van der Waals surface area (Å²) in [6, 6.07) is 64.0. The molecule has 2 heteroatoms. The van der Waals surface area contributed by atoms with Crippen molar-refractivity contribution < 1.29 is 0 Å². The summed E-state index contributed by atoms with van der Waals surface area (Å²) >= 11 is 0. The Labute approximate surface area is 269 Å². The highest BCUT2D eigenvalue weighted by atomic mass is 14.8. The van der Waals surface area contributed by atoms with Crippen molar-refractivity contribution in [1.29, 1.82) is 0 Å². The van der Waals surface area contributed by atoms with Crippen molar-refractivity contribution in [3.8, 4) is 67.0 Å². The van der Waals surface area contributed by atoms with E-state index < -0.39 is 0 Å². The van der Waals surface area contributed by atoms with Gasteiger partial charge in [-0.15, -0.1) is 0 Å². The fourth-order valence-corrected chi connectivity index (χ4v) is 6.11. The van der Waals surface area contributed by atoms with Crippen molar-refractivity contribution in [3.63, 3.8) is 0 Å². The van der Waals surface area contributed by atoms with Crippen molar-refractivity contribution in [2.45, 2.75) is 0 Å². The molecular weight excluding hydrogens is 556 g/mol. The van der Waals surface area contributed by atoms with Gasteiger partial charge in [0.05, 0.1) is 22.4 Å². The molecule has 1 aromatic heterocycles. The maximum Gasteiger partial charge on any atom is 0.0973 e. The summed E-state index contributed by atoms with van der Waals surface area (Å²) < 4.78 is 0. The lowest BCUT2D eigenvalue weighted by Crippen LogP contribution is -1.95. The maximum atomic E-state index is 5.14. The van der Waals surface area contributed by atoms with Gasteiger partial charge in [-0.1, -0.05) is 140 Å². The van der Waals surface area contributed by atoms with Crippen LogP contribution in [-0.4, -0.2) is 9.97 Å². The van der Waals surface area contributed by atoms with E-state index in [1.807, 2.05) is 42.5 Å². The highest BCUT2D eigenvalue weighted by Gasteiger charge is 2.14. The summed E-state index contributed by atoms with van der Waals surface area (Å²) in [5.74, 6) is 0.